The van der Waals surface area contributed by atoms with Gasteiger partial charge in [0.15, 0.2) is 0 Å². The predicted molar refractivity (Wildman–Crippen MR) is 54.4 cm³/mol. The number of halogens is 1. The number of aromatic nitrogens is 2. The smallest absolute Gasteiger partial charge is 0.294 e. The van der Waals surface area contributed by atoms with Gasteiger partial charge >= 0.3 is 0 Å². The Labute approximate surface area is 87.1 Å². The van der Waals surface area contributed by atoms with Crippen LogP contribution in [0.1, 0.15) is 25.3 Å². The van der Waals surface area contributed by atoms with Crippen LogP contribution in [0.5, 0.6) is 5.19 Å². The molecule has 0 spiro atoms. The summed E-state index contributed by atoms with van der Waals surface area (Å²) in [5.41, 5.74) is 0. The topological polar surface area (TPSA) is 35.0 Å². The Morgan fingerprint density at radius 3 is 2.77 bits per heavy atom. The minimum absolute atomic E-state index is 0.408. The maximum absolute atomic E-state index is 5.58. The summed E-state index contributed by atoms with van der Waals surface area (Å²) in [6, 6.07) is 0. The van der Waals surface area contributed by atoms with Crippen LogP contribution in [0.15, 0.2) is 0 Å². The van der Waals surface area contributed by atoms with Crippen molar-refractivity contribution in [3.63, 3.8) is 0 Å². The van der Waals surface area contributed by atoms with Crippen LogP contribution in [0.3, 0.4) is 0 Å². The van der Waals surface area contributed by atoms with Gasteiger partial charge in [-0.1, -0.05) is 25.2 Å². The number of nitrogens with zero attached hydrogens (tertiary/aromatic N) is 2. The highest BCUT2D eigenvalue weighted by Gasteiger charge is 2.03. The zero-order valence-electron chi connectivity index (χ0n) is 7.79. The first-order valence-corrected chi connectivity index (χ1v) is 5.58. The van der Waals surface area contributed by atoms with Gasteiger partial charge in [-0.2, -0.15) is 0 Å². The molecule has 0 aliphatic carbocycles. The third kappa shape index (κ3) is 3.91. The Hall–Kier alpha value is -0.350. The average molecular weight is 221 g/mol. The maximum atomic E-state index is 5.58. The molecule has 0 saturated carbocycles. The minimum Gasteiger partial charge on any atom is -0.469 e. The van der Waals surface area contributed by atoms with Gasteiger partial charge in [-0.05, 0) is 12.3 Å². The van der Waals surface area contributed by atoms with E-state index in [9.17, 15) is 0 Å². The molecule has 0 N–H and O–H groups in total. The normalized spacial score (nSPS) is 10.8. The Morgan fingerprint density at radius 2 is 2.23 bits per heavy atom. The molecule has 0 fully saturated rings. The van der Waals surface area contributed by atoms with Gasteiger partial charge in [0.1, 0.15) is 5.01 Å². The molecule has 1 rings (SSSR count). The van der Waals surface area contributed by atoms with Crippen LogP contribution in [0.2, 0.25) is 0 Å². The second-order valence-corrected chi connectivity index (χ2v) is 4.42. The Bertz CT molecular complexity index is 252. The largest absolute Gasteiger partial charge is 0.469 e. The first kappa shape index (κ1) is 10.7. The van der Waals surface area contributed by atoms with Crippen molar-refractivity contribution in [1.29, 1.82) is 0 Å². The maximum Gasteiger partial charge on any atom is 0.294 e. The molecule has 0 radical (unpaired) electrons. The van der Waals surface area contributed by atoms with Crippen molar-refractivity contribution >= 4 is 22.9 Å². The highest BCUT2D eigenvalue weighted by atomic mass is 35.5. The van der Waals surface area contributed by atoms with Crippen molar-refractivity contribution in [1.82, 2.24) is 10.2 Å². The molecule has 3 nitrogen and oxygen atoms in total. The van der Waals surface area contributed by atoms with Crippen molar-refractivity contribution in [2.75, 3.05) is 6.61 Å². The predicted octanol–water partition coefficient (Wildman–Crippen LogP) is 2.70. The fourth-order valence-electron chi connectivity index (χ4n) is 0.732. The first-order valence-electron chi connectivity index (χ1n) is 4.23. The molecule has 0 saturated heterocycles. The highest BCUT2D eigenvalue weighted by molar-refractivity contribution is 7.13. The lowest BCUT2D eigenvalue weighted by atomic mass is 10.1. The van der Waals surface area contributed by atoms with E-state index in [2.05, 4.69) is 24.0 Å². The number of alkyl halides is 1. The van der Waals surface area contributed by atoms with Gasteiger partial charge < -0.3 is 4.74 Å². The molecule has 0 aromatic carbocycles. The summed E-state index contributed by atoms with van der Waals surface area (Å²) in [5, 5.41) is 9.12. The van der Waals surface area contributed by atoms with Gasteiger partial charge in [-0.15, -0.1) is 21.8 Å². The molecule has 0 aliphatic rings. The summed E-state index contributed by atoms with van der Waals surface area (Å²) < 4.78 is 5.39. The molecular weight excluding hydrogens is 208 g/mol. The van der Waals surface area contributed by atoms with Gasteiger partial charge in [0.05, 0.1) is 12.5 Å². The SMILES string of the molecule is CC(C)CCOc1nnc(CCl)s1. The van der Waals surface area contributed by atoms with Crippen LogP contribution in [0, 0.1) is 5.92 Å². The van der Waals surface area contributed by atoms with Crippen LogP contribution in [0.4, 0.5) is 0 Å². The monoisotopic (exact) mass is 220 g/mol. The van der Waals surface area contributed by atoms with Crippen molar-refractivity contribution in [3.8, 4) is 5.19 Å². The molecule has 0 aliphatic heterocycles. The quantitative estimate of drug-likeness (QED) is 0.716. The average Bonchev–Trinajstić information content (AvgIpc) is 2.52. The van der Waals surface area contributed by atoms with E-state index in [0.29, 0.717) is 23.6 Å². The lowest BCUT2D eigenvalue weighted by Crippen LogP contribution is -2.00. The lowest BCUT2D eigenvalue weighted by Gasteiger charge is -2.03. The molecule has 5 heteroatoms. The molecule has 13 heavy (non-hydrogen) atoms. The molecule has 0 atom stereocenters. The summed E-state index contributed by atoms with van der Waals surface area (Å²) >= 11 is 6.99. The van der Waals surface area contributed by atoms with Crippen LogP contribution in [-0.4, -0.2) is 16.8 Å². The first-order chi connectivity index (χ1) is 6.22. The molecule has 0 amide bonds. The van der Waals surface area contributed by atoms with Crippen molar-refractivity contribution in [3.05, 3.63) is 5.01 Å². The van der Waals surface area contributed by atoms with Gasteiger partial charge in [-0.25, -0.2) is 0 Å². The second-order valence-electron chi connectivity index (χ2n) is 3.13. The van der Waals surface area contributed by atoms with E-state index >= 15 is 0 Å². The number of ether oxygens (including phenoxy) is 1. The second kappa shape index (κ2) is 5.40. The lowest BCUT2D eigenvalue weighted by molar-refractivity contribution is 0.286. The molecule has 0 bridgehead atoms. The van der Waals surface area contributed by atoms with Gasteiger partial charge in [0, 0.05) is 0 Å². The van der Waals surface area contributed by atoms with E-state index < -0.39 is 0 Å². The van der Waals surface area contributed by atoms with Gasteiger partial charge in [0.25, 0.3) is 5.19 Å². The minimum atomic E-state index is 0.408. The van der Waals surface area contributed by atoms with Crippen molar-refractivity contribution in [2.24, 2.45) is 5.92 Å². The van der Waals surface area contributed by atoms with Gasteiger partial charge in [0.2, 0.25) is 0 Å². The van der Waals surface area contributed by atoms with E-state index in [0.717, 1.165) is 11.4 Å². The third-order valence-electron chi connectivity index (χ3n) is 1.48. The molecule has 1 aromatic rings. The summed E-state index contributed by atoms with van der Waals surface area (Å²) in [5.74, 6) is 1.06. The summed E-state index contributed by atoms with van der Waals surface area (Å²) in [7, 11) is 0. The fourth-order valence-corrected chi connectivity index (χ4v) is 1.51. The van der Waals surface area contributed by atoms with E-state index in [1.165, 1.54) is 11.3 Å². The zero-order chi connectivity index (χ0) is 9.68. The van der Waals surface area contributed by atoms with Crippen LogP contribution < -0.4 is 4.74 Å². The summed E-state index contributed by atoms with van der Waals surface area (Å²) in [4.78, 5) is 0. The Balaban J connectivity index is 2.28. The van der Waals surface area contributed by atoms with E-state index in [-0.39, 0.29) is 0 Å². The summed E-state index contributed by atoms with van der Waals surface area (Å²) in [6.07, 6.45) is 1.04. The Morgan fingerprint density at radius 1 is 1.46 bits per heavy atom. The number of rotatable bonds is 5. The fraction of sp³-hybridized carbons (Fsp3) is 0.750. The third-order valence-corrected chi connectivity index (χ3v) is 2.73. The Kier molecular flexibility index (Phi) is 4.45. The highest BCUT2D eigenvalue weighted by Crippen LogP contribution is 2.19. The number of hydrogen-bond acceptors (Lipinski definition) is 4. The number of hydrogen-bond donors (Lipinski definition) is 0. The van der Waals surface area contributed by atoms with E-state index in [1.54, 1.807) is 0 Å². The van der Waals surface area contributed by atoms with E-state index in [4.69, 9.17) is 16.3 Å². The van der Waals surface area contributed by atoms with Crippen LogP contribution >= 0.6 is 22.9 Å². The van der Waals surface area contributed by atoms with Gasteiger partial charge in [-0.3, -0.25) is 0 Å². The molecular formula is C8H13ClN2OS. The summed E-state index contributed by atoms with van der Waals surface area (Å²) in [6.45, 7) is 5.02. The van der Waals surface area contributed by atoms with E-state index in [1.807, 2.05) is 0 Å². The van der Waals surface area contributed by atoms with Crippen molar-refractivity contribution in [2.45, 2.75) is 26.1 Å². The zero-order valence-corrected chi connectivity index (χ0v) is 9.36. The molecule has 0 unspecified atom stereocenters. The molecule has 1 aromatic heterocycles. The molecule has 1 heterocycles. The molecule has 74 valence electrons. The van der Waals surface area contributed by atoms with Crippen LogP contribution in [0.25, 0.3) is 0 Å². The van der Waals surface area contributed by atoms with Crippen LogP contribution in [-0.2, 0) is 5.88 Å². The van der Waals surface area contributed by atoms with Crippen molar-refractivity contribution < 1.29 is 4.74 Å². The standard InChI is InChI=1S/C8H13ClN2OS/c1-6(2)3-4-12-8-11-10-7(5-9)13-8/h6H,3-5H2,1-2H3.